The van der Waals surface area contributed by atoms with Gasteiger partial charge in [0.15, 0.2) is 0 Å². The maximum Gasteiger partial charge on any atom is 0.241 e. The Morgan fingerprint density at radius 2 is 1.60 bits per heavy atom. The Bertz CT molecular complexity index is 701. The summed E-state index contributed by atoms with van der Waals surface area (Å²) in [4.78, 5) is 4.10. The lowest BCUT2D eigenvalue weighted by molar-refractivity contribution is 0.779. The lowest BCUT2D eigenvalue weighted by Gasteiger charge is -2.06. The molecule has 3 aromatic rings. The number of nitrogens with one attached hydrogen (secondary N) is 1. The van der Waals surface area contributed by atoms with Crippen molar-refractivity contribution in [1.82, 2.24) is 14.8 Å². The summed E-state index contributed by atoms with van der Waals surface area (Å²) in [6, 6.07) is 18.4. The topological polar surface area (TPSA) is 68.8 Å². The fourth-order valence-electron chi connectivity index (χ4n) is 2.02. The summed E-state index contributed by atoms with van der Waals surface area (Å²) < 4.78 is 1.61. The quantitative estimate of drug-likeness (QED) is 0.764. The highest BCUT2D eigenvalue weighted by Gasteiger charge is 2.04. The Labute approximate surface area is 117 Å². The molecule has 3 rings (SSSR count). The minimum Gasteiger partial charge on any atom is -0.366 e. The summed E-state index contributed by atoms with van der Waals surface area (Å²) >= 11 is 0. The Kier molecular flexibility index (Phi) is 3.09. The monoisotopic (exact) mass is 265 g/mol. The molecule has 0 radical (unpaired) electrons. The predicted molar refractivity (Wildman–Crippen MR) is 80.6 cm³/mol. The second kappa shape index (κ2) is 5.05. The van der Waals surface area contributed by atoms with E-state index < -0.39 is 0 Å². The van der Waals surface area contributed by atoms with Crippen molar-refractivity contribution < 1.29 is 0 Å². The van der Waals surface area contributed by atoms with E-state index in [-0.39, 0.29) is 5.95 Å². The van der Waals surface area contributed by atoms with Crippen molar-refractivity contribution in [3.05, 3.63) is 54.6 Å². The van der Waals surface area contributed by atoms with Crippen molar-refractivity contribution in [3.8, 4) is 11.1 Å². The van der Waals surface area contributed by atoms with Crippen LogP contribution in [-0.4, -0.2) is 14.8 Å². The van der Waals surface area contributed by atoms with Crippen LogP contribution >= 0.6 is 0 Å². The Morgan fingerprint density at radius 1 is 0.950 bits per heavy atom. The Hall–Kier alpha value is -2.82. The summed E-state index contributed by atoms with van der Waals surface area (Å²) in [5, 5.41) is 7.17. The number of anilines is 3. The molecule has 0 saturated carbocycles. The fourth-order valence-corrected chi connectivity index (χ4v) is 2.02. The van der Waals surface area contributed by atoms with Gasteiger partial charge in [-0.1, -0.05) is 42.5 Å². The van der Waals surface area contributed by atoms with Gasteiger partial charge in [0.2, 0.25) is 11.9 Å². The van der Waals surface area contributed by atoms with Gasteiger partial charge >= 0.3 is 0 Å². The molecule has 1 heterocycles. The van der Waals surface area contributed by atoms with Gasteiger partial charge in [0.25, 0.3) is 0 Å². The van der Waals surface area contributed by atoms with Crippen LogP contribution in [-0.2, 0) is 7.05 Å². The summed E-state index contributed by atoms with van der Waals surface area (Å²) in [5.41, 5.74) is 8.87. The Balaban J connectivity index is 1.82. The molecule has 0 fully saturated rings. The van der Waals surface area contributed by atoms with E-state index in [1.54, 1.807) is 11.7 Å². The van der Waals surface area contributed by atoms with E-state index in [2.05, 4.69) is 39.7 Å². The van der Waals surface area contributed by atoms with Crippen LogP contribution in [0.3, 0.4) is 0 Å². The maximum absolute atomic E-state index is 5.55. The molecule has 20 heavy (non-hydrogen) atoms. The number of nitrogens with two attached hydrogens (primary N) is 1. The molecule has 0 aliphatic carbocycles. The second-order valence-corrected chi connectivity index (χ2v) is 4.49. The molecule has 100 valence electrons. The second-order valence-electron chi connectivity index (χ2n) is 4.49. The highest BCUT2D eigenvalue weighted by molar-refractivity contribution is 5.67. The first-order valence-corrected chi connectivity index (χ1v) is 6.31. The van der Waals surface area contributed by atoms with Crippen LogP contribution < -0.4 is 11.1 Å². The standard InChI is InChI=1S/C15H15N5/c1-20-15(18-14(16)19-20)17-13-9-7-12(8-10-13)11-5-3-2-4-6-11/h2-10H,1H3,(H3,16,17,18,19). The van der Waals surface area contributed by atoms with Crippen LogP contribution in [0.25, 0.3) is 11.1 Å². The molecule has 0 aliphatic heterocycles. The molecule has 0 unspecified atom stereocenters. The minimum atomic E-state index is 0.260. The molecule has 0 aliphatic rings. The lowest BCUT2D eigenvalue weighted by atomic mass is 10.1. The molecule has 3 N–H and O–H groups in total. The number of hydrogen-bond acceptors (Lipinski definition) is 4. The summed E-state index contributed by atoms with van der Waals surface area (Å²) in [6.45, 7) is 0. The number of nitrogen functional groups attached to an aromatic ring is 1. The summed E-state index contributed by atoms with van der Waals surface area (Å²) in [5.74, 6) is 0.880. The first-order chi connectivity index (χ1) is 9.72. The van der Waals surface area contributed by atoms with E-state index in [4.69, 9.17) is 5.73 Å². The summed E-state index contributed by atoms with van der Waals surface area (Å²) in [6.07, 6.45) is 0. The molecule has 0 atom stereocenters. The zero-order chi connectivity index (χ0) is 13.9. The third kappa shape index (κ3) is 2.47. The molecule has 2 aromatic carbocycles. The number of hydrogen-bond donors (Lipinski definition) is 2. The van der Waals surface area contributed by atoms with Gasteiger partial charge in [0.05, 0.1) is 0 Å². The average molecular weight is 265 g/mol. The molecule has 1 aromatic heterocycles. The molecule has 0 spiro atoms. The van der Waals surface area contributed by atoms with Crippen molar-refractivity contribution in [3.63, 3.8) is 0 Å². The number of aromatic nitrogens is 3. The number of rotatable bonds is 3. The molecule has 0 amide bonds. The van der Waals surface area contributed by atoms with Crippen LogP contribution in [0, 0.1) is 0 Å². The number of aryl methyl sites for hydroxylation is 1. The highest BCUT2D eigenvalue weighted by Crippen LogP contribution is 2.22. The van der Waals surface area contributed by atoms with E-state index in [9.17, 15) is 0 Å². The van der Waals surface area contributed by atoms with Gasteiger partial charge in [0, 0.05) is 12.7 Å². The van der Waals surface area contributed by atoms with Crippen LogP contribution in [0.15, 0.2) is 54.6 Å². The molecular weight excluding hydrogens is 250 g/mol. The SMILES string of the molecule is Cn1nc(N)nc1Nc1ccc(-c2ccccc2)cc1. The van der Waals surface area contributed by atoms with Gasteiger partial charge in [0.1, 0.15) is 0 Å². The van der Waals surface area contributed by atoms with Crippen LogP contribution in [0.4, 0.5) is 17.6 Å². The first-order valence-electron chi connectivity index (χ1n) is 6.31. The van der Waals surface area contributed by atoms with Crippen molar-refractivity contribution in [1.29, 1.82) is 0 Å². The lowest BCUT2D eigenvalue weighted by Crippen LogP contribution is -2.00. The Morgan fingerprint density at radius 3 is 2.20 bits per heavy atom. The third-order valence-corrected chi connectivity index (χ3v) is 3.03. The zero-order valence-electron chi connectivity index (χ0n) is 11.1. The maximum atomic E-state index is 5.55. The van der Waals surface area contributed by atoms with E-state index in [1.165, 1.54) is 11.1 Å². The van der Waals surface area contributed by atoms with Crippen molar-refractivity contribution in [2.24, 2.45) is 7.05 Å². The number of benzene rings is 2. The zero-order valence-corrected chi connectivity index (χ0v) is 11.1. The highest BCUT2D eigenvalue weighted by atomic mass is 15.4. The number of nitrogens with zero attached hydrogens (tertiary/aromatic N) is 3. The average Bonchev–Trinajstić information content (AvgIpc) is 2.79. The van der Waals surface area contributed by atoms with E-state index in [0.717, 1.165) is 5.69 Å². The van der Waals surface area contributed by atoms with E-state index in [1.807, 2.05) is 30.3 Å². The van der Waals surface area contributed by atoms with Gasteiger partial charge in [-0.3, -0.25) is 0 Å². The van der Waals surface area contributed by atoms with Gasteiger partial charge in [-0.2, -0.15) is 4.98 Å². The third-order valence-electron chi connectivity index (χ3n) is 3.03. The van der Waals surface area contributed by atoms with Gasteiger partial charge < -0.3 is 11.1 Å². The molecular formula is C15H15N5. The minimum absolute atomic E-state index is 0.260. The predicted octanol–water partition coefficient (Wildman–Crippen LogP) is 2.81. The summed E-state index contributed by atoms with van der Waals surface area (Å²) in [7, 11) is 1.80. The van der Waals surface area contributed by atoms with Crippen LogP contribution in [0.2, 0.25) is 0 Å². The molecule has 5 nitrogen and oxygen atoms in total. The van der Waals surface area contributed by atoms with E-state index >= 15 is 0 Å². The van der Waals surface area contributed by atoms with Crippen LogP contribution in [0.5, 0.6) is 0 Å². The fraction of sp³-hybridized carbons (Fsp3) is 0.0667. The smallest absolute Gasteiger partial charge is 0.241 e. The van der Waals surface area contributed by atoms with Crippen LogP contribution in [0.1, 0.15) is 0 Å². The molecule has 0 bridgehead atoms. The van der Waals surface area contributed by atoms with Crippen molar-refractivity contribution in [2.45, 2.75) is 0 Å². The molecule has 5 heteroatoms. The first kappa shape index (κ1) is 12.2. The van der Waals surface area contributed by atoms with E-state index in [0.29, 0.717) is 5.95 Å². The largest absolute Gasteiger partial charge is 0.366 e. The normalized spacial score (nSPS) is 10.4. The van der Waals surface area contributed by atoms with Gasteiger partial charge in [-0.25, -0.2) is 4.68 Å². The molecule has 0 saturated heterocycles. The van der Waals surface area contributed by atoms with Crippen molar-refractivity contribution in [2.75, 3.05) is 11.1 Å². The van der Waals surface area contributed by atoms with Gasteiger partial charge in [-0.05, 0) is 23.3 Å². The van der Waals surface area contributed by atoms with Gasteiger partial charge in [-0.15, -0.1) is 5.10 Å². The van der Waals surface area contributed by atoms with Crippen molar-refractivity contribution >= 4 is 17.6 Å².